The normalized spacial score (nSPS) is 10.8. The maximum absolute atomic E-state index is 11.1. The topological polar surface area (TPSA) is 196 Å². The van der Waals surface area contributed by atoms with Crippen LogP contribution in [0.4, 0.5) is 22.7 Å². The van der Waals surface area contributed by atoms with Crippen LogP contribution in [0.3, 0.4) is 0 Å². The summed E-state index contributed by atoms with van der Waals surface area (Å²) in [5.41, 5.74) is -0.968. The molecule has 0 radical (unpaired) electrons. The van der Waals surface area contributed by atoms with Crippen LogP contribution in [0.5, 0.6) is 5.75 Å². The molecule has 0 atom stereocenters. The van der Waals surface area contributed by atoms with Gasteiger partial charge in [0.2, 0.25) is 0 Å². The van der Waals surface area contributed by atoms with Gasteiger partial charge in [-0.1, -0.05) is 18.2 Å². The molecule has 186 valence electrons. The Kier molecular flexibility index (Phi) is 9.15. The molecule has 0 aliphatic heterocycles. The van der Waals surface area contributed by atoms with Crippen LogP contribution in [0.2, 0.25) is 0 Å². The highest BCUT2D eigenvalue weighted by Gasteiger charge is 2.24. The molecule has 0 N–H and O–H groups in total. The van der Waals surface area contributed by atoms with Crippen molar-refractivity contribution < 1.29 is 24.8 Å². The minimum atomic E-state index is -1.46. The zero-order valence-corrected chi connectivity index (χ0v) is 19.6. The lowest BCUT2D eigenvalue weighted by molar-refractivity contribution is -0.420. The predicted molar refractivity (Wildman–Crippen MR) is 132 cm³/mol. The van der Waals surface area contributed by atoms with Crippen LogP contribution >= 0.6 is 0 Å². The number of hydrogen-bond acceptors (Lipinski definition) is 9. The molecule has 0 fully saturated rings. The van der Waals surface area contributed by atoms with Crippen molar-refractivity contribution in [3.8, 4) is 5.75 Å². The standard InChI is InChI=1S/C16H16NO2S.C6H3N3O7/c1-20(2)16(14-6-4-3-5-7-14)12-13-8-10-15(11-9-13)17(18)19;10-6-4(8(13)14)1-3(7(11)12)2-5(6)9(15)16/h3-12H,1-2H3;1-2,10H/q+1;/p-1/b16-12+;. The van der Waals surface area contributed by atoms with Gasteiger partial charge in [0.05, 0.1) is 37.6 Å². The molecule has 0 spiro atoms. The van der Waals surface area contributed by atoms with Crippen LogP contribution in [-0.4, -0.2) is 32.2 Å². The van der Waals surface area contributed by atoms with Gasteiger partial charge < -0.3 is 5.11 Å². The Bertz CT molecular complexity index is 1290. The third-order valence-electron chi connectivity index (χ3n) is 4.54. The fourth-order valence-corrected chi connectivity index (χ4v) is 3.82. The van der Waals surface area contributed by atoms with Crippen LogP contribution in [0.15, 0.2) is 66.7 Å². The fourth-order valence-electron chi connectivity index (χ4n) is 2.84. The number of benzene rings is 3. The molecule has 0 amide bonds. The van der Waals surface area contributed by atoms with Crippen molar-refractivity contribution in [1.82, 2.24) is 0 Å². The fraction of sp³-hybridized carbons (Fsp3) is 0.0909. The van der Waals surface area contributed by atoms with E-state index in [0.29, 0.717) is 12.1 Å². The molecule has 13 nitrogen and oxygen atoms in total. The van der Waals surface area contributed by atoms with Gasteiger partial charge in [0.15, 0.2) is 4.91 Å². The highest BCUT2D eigenvalue weighted by molar-refractivity contribution is 8.04. The van der Waals surface area contributed by atoms with Gasteiger partial charge in [-0.05, 0) is 29.8 Å². The lowest BCUT2D eigenvalue weighted by atomic mass is 10.1. The maximum Gasteiger partial charge on any atom is 0.283 e. The molecule has 0 saturated carbocycles. The third kappa shape index (κ3) is 7.07. The Hall–Kier alpha value is -4.85. The smallest absolute Gasteiger partial charge is 0.283 e. The van der Waals surface area contributed by atoms with Crippen molar-refractivity contribution in [2.24, 2.45) is 0 Å². The van der Waals surface area contributed by atoms with Crippen molar-refractivity contribution in [2.45, 2.75) is 0 Å². The molecule has 0 heterocycles. The number of nitro groups is 4. The van der Waals surface area contributed by atoms with Crippen molar-refractivity contribution in [1.29, 1.82) is 0 Å². The van der Waals surface area contributed by atoms with E-state index in [1.807, 2.05) is 18.2 Å². The summed E-state index contributed by atoms with van der Waals surface area (Å²) in [7, 11) is 0.108. The zero-order chi connectivity index (χ0) is 27.0. The number of non-ortho nitro benzene ring substituents is 2. The number of nitro benzene ring substituents is 4. The predicted octanol–water partition coefficient (Wildman–Crippen LogP) is 4.46. The molecule has 0 unspecified atom stereocenters. The van der Waals surface area contributed by atoms with Gasteiger partial charge in [0.1, 0.15) is 12.5 Å². The van der Waals surface area contributed by atoms with E-state index in [0.717, 1.165) is 5.56 Å². The minimum Gasteiger partial charge on any atom is -0.863 e. The highest BCUT2D eigenvalue weighted by Crippen LogP contribution is 2.36. The van der Waals surface area contributed by atoms with Gasteiger partial charge in [-0.25, -0.2) is 0 Å². The van der Waals surface area contributed by atoms with Gasteiger partial charge in [0.25, 0.3) is 22.7 Å². The second-order valence-electron chi connectivity index (χ2n) is 7.12. The average Bonchev–Trinajstić information content (AvgIpc) is 2.83. The largest absolute Gasteiger partial charge is 0.863 e. The summed E-state index contributed by atoms with van der Waals surface area (Å²) in [6.07, 6.45) is 6.44. The van der Waals surface area contributed by atoms with E-state index in [-0.39, 0.29) is 21.5 Å². The maximum atomic E-state index is 11.1. The molecule has 3 rings (SSSR count). The van der Waals surface area contributed by atoms with E-state index in [4.69, 9.17) is 0 Å². The quantitative estimate of drug-likeness (QED) is 0.189. The van der Waals surface area contributed by atoms with Crippen LogP contribution in [0, 0.1) is 40.5 Å². The van der Waals surface area contributed by atoms with Gasteiger partial charge in [-0.15, -0.1) is 0 Å². The molecular weight excluding hydrogens is 496 g/mol. The van der Waals surface area contributed by atoms with E-state index in [2.05, 4.69) is 30.7 Å². The first kappa shape index (κ1) is 27.4. The van der Waals surface area contributed by atoms with E-state index >= 15 is 0 Å². The summed E-state index contributed by atoms with van der Waals surface area (Å²) in [5.74, 6) is -1.46. The molecule has 3 aromatic carbocycles. The molecule has 14 heteroatoms. The SMILES string of the molecule is C[S+](C)/C(=C/c1ccc([N+](=O)[O-])cc1)c1ccccc1.O=[N+]([O-])c1cc([N+](=O)[O-])c([O-])c([N+](=O)[O-])c1. The third-order valence-corrected chi connectivity index (χ3v) is 5.77. The lowest BCUT2D eigenvalue weighted by Crippen LogP contribution is -2.04. The van der Waals surface area contributed by atoms with E-state index in [1.54, 1.807) is 12.1 Å². The van der Waals surface area contributed by atoms with Crippen molar-refractivity contribution in [2.75, 3.05) is 12.5 Å². The summed E-state index contributed by atoms with van der Waals surface area (Å²) < 4.78 is 0. The molecule has 0 aliphatic carbocycles. The summed E-state index contributed by atoms with van der Waals surface area (Å²) >= 11 is 0. The first-order valence-electron chi connectivity index (χ1n) is 9.79. The van der Waals surface area contributed by atoms with Crippen molar-refractivity contribution >= 4 is 44.6 Å². The van der Waals surface area contributed by atoms with Crippen LogP contribution in [0.25, 0.3) is 11.0 Å². The summed E-state index contributed by atoms with van der Waals surface area (Å²) in [5, 5.41) is 52.8. The Labute approximate surface area is 206 Å². The van der Waals surface area contributed by atoms with Gasteiger partial charge in [-0.2, -0.15) is 0 Å². The molecule has 0 saturated heterocycles. The number of nitrogens with zero attached hydrogens (tertiary/aromatic N) is 4. The molecular formula is C22H18N4O9S. The summed E-state index contributed by atoms with van der Waals surface area (Å²) in [4.78, 5) is 39.0. The summed E-state index contributed by atoms with van der Waals surface area (Å²) in [6.45, 7) is 0. The Balaban J connectivity index is 0.000000261. The molecule has 0 aliphatic rings. The monoisotopic (exact) mass is 514 g/mol. The van der Waals surface area contributed by atoms with Crippen LogP contribution < -0.4 is 5.11 Å². The molecule has 36 heavy (non-hydrogen) atoms. The number of hydrogen-bond donors (Lipinski definition) is 0. The van der Waals surface area contributed by atoms with Gasteiger partial charge >= 0.3 is 0 Å². The Morgan fingerprint density at radius 2 is 1.17 bits per heavy atom. The van der Waals surface area contributed by atoms with Gasteiger partial charge in [-0.3, -0.25) is 40.5 Å². The van der Waals surface area contributed by atoms with Crippen molar-refractivity contribution in [3.05, 3.63) is 118 Å². The zero-order valence-electron chi connectivity index (χ0n) is 18.8. The lowest BCUT2D eigenvalue weighted by Gasteiger charge is -2.06. The molecule has 0 aromatic heterocycles. The second-order valence-corrected chi connectivity index (χ2v) is 9.20. The number of rotatable bonds is 7. The Morgan fingerprint density at radius 1 is 0.694 bits per heavy atom. The molecule has 0 bridgehead atoms. The Morgan fingerprint density at radius 3 is 1.56 bits per heavy atom. The van der Waals surface area contributed by atoms with E-state index < -0.39 is 37.6 Å². The molecule has 3 aromatic rings. The second kappa shape index (κ2) is 12.0. The minimum absolute atomic E-state index is 0.108. The highest BCUT2D eigenvalue weighted by atomic mass is 32.2. The van der Waals surface area contributed by atoms with Crippen LogP contribution in [-0.2, 0) is 10.9 Å². The summed E-state index contributed by atoms with van der Waals surface area (Å²) in [6, 6.07) is 17.6. The first-order valence-corrected chi connectivity index (χ1v) is 11.8. The van der Waals surface area contributed by atoms with Crippen LogP contribution in [0.1, 0.15) is 11.1 Å². The first-order chi connectivity index (χ1) is 16.9. The van der Waals surface area contributed by atoms with Crippen molar-refractivity contribution in [3.63, 3.8) is 0 Å². The average molecular weight is 514 g/mol. The van der Waals surface area contributed by atoms with E-state index in [9.17, 15) is 45.6 Å². The van der Waals surface area contributed by atoms with Gasteiger partial charge in [0, 0.05) is 34.7 Å². The van der Waals surface area contributed by atoms with E-state index in [1.165, 1.54) is 22.6 Å².